The van der Waals surface area contributed by atoms with Crippen LogP contribution in [-0.4, -0.2) is 44.3 Å². The number of carbonyl (C=O) groups excluding carboxylic acids is 2. The van der Waals surface area contributed by atoms with Crippen LogP contribution in [0.2, 0.25) is 10.0 Å². The first kappa shape index (κ1) is 34.0. The Bertz CT molecular complexity index is 1720. The molecule has 0 fully saturated rings. The smallest absolute Gasteiger partial charge is 0.264 e. The van der Waals surface area contributed by atoms with E-state index in [0.29, 0.717) is 6.54 Å². The molecule has 0 spiro atoms. The molecular formula is C34H34Cl2FN3O4S. The van der Waals surface area contributed by atoms with E-state index in [1.165, 1.54) is 53.4 Å². The summed E-state index contributed by atoms with van der Waals surface area (Å²) in [5.74, 6) is -1.62. The SMILES string of the molecule is CC(C)CNC(=O)C(Cc1ccccc1)N(Cc1ccccc1F)C(=O)CN(c1ccc(Cl)cc1Cl)S(=O)(=O)c1ccccc1. The lowest BCUT2D eigenvalue weighted by Gasteiger charge is -2.34. The second-order valence-electron chi connectivity index (χ2n) is 10.9. The van der Waals surface area contributed by atoms with E-state index in [2.05, 4.69) is 5.32 Å². The predicted octanol–water partition coefficient (Wildman–Crippen LogP) is 6.74. The van der Waals surface area contributed by atoms with Crippen LogP contribution < -0.4 is 9.62 Å². The molecule has 0 aliphatic heterocycles. The van der Waals surface area contributed by atoms with E-state index in [9.17, 15) is 18.0 Å². The summed E-state index contributed by atoms with van der Waals surface area (Å²) in [7, 11) is -4.34. The minimum atomic E-state index is -4.34. The lowest BCUT2D eigenvalue weighted by molar-refractivity contribution is -0.140. The van der Waals surface area contributed by atoms with Crippen LogP contribution in [0.25, 0.3) is 0 Å². The molecule has 4 rings (SSSR count). The van der Waals surface area contributed by atoms with E-state index in [1.54, 1.807) is 24.3 Å². The lowest BCUT2D eigenvalue weighted by atomic mass is 10.0. The van der Waals surface area contributed by atoms with Gasteiger partial charge in [-0.05, 0) is 47.9 Å². The highest BCUT2D eigenvalue weighted by atomic mass is 35.5. The van der Waals surface area contributed by atoms with Gasteiger partial charge in [-0.25, -0.2) is 12.8 Å². The van der Waals surface area contributed by atoms with Gasteiger partial charge in [0.15, 0.2) is 0 Å². The maximum Gasteiger partial charge on any atom is 0.264 e. The Balaban J connectivity index is 1.82. The van der Waals surface area contributed by atoms with Gasteiger partial charge < -0.3 is 10.2 Å². The molecule has 0 heterocycles. The van der Waals surface area contributed by atoms with Crippen LogP contribution in [-0.2, 0) is 32.6 Å². The quantitative estimate of drug-likeness (QED) is 0.171. The molecule has 45 heavy (non-hydrogen) atoms. The van der Waals surface area contributed by atoms with E-state index in [4.69, 9.17) is 23.2 Å². The number of sulfonamides is 1. The highest BCUT2D eigenvalue weighted by Gasteiger charge is 2.35. The summed E-state index contributed by atoms with van der Waals surface area (Å²) >= 11 is 12.6. The number of hydrogen-bond acceptors (Lipinski definition) is 4. The maximum absolute atomic E-state index is 15.0. The summed E-state index contributed by atoms with van der Waals surface area (Å²) < 4.78 is 44.0. The summed E-state index contributed by atoms with van der Waals surface area (Å²) in [4.78, 5) is 29.4. The van der Waals surface area contributed by atoms with Crippen LogP contribution in [0.3, 0.4) is 0 Å². The Labute approximate surface area is 273 Å². The molecule has 0 aromatic heterocycles. The van der Waals surface area contributed by atoms with Gasteiger partial charge in [0, 0.05) is 30.1 Å². The van der Waals surface area contributed by atoms with Gasteiger partial charge >= 0.3 is 0 Å². The summed E-state index contributed by atoms with van der Waals surface area (Å²) in [5.41, 5.74) is 0.957. The van der Waals surface area contributed by atoms with Gasteiger partial charge in [0.2, 0.25) is 11.8 Å². The summed E-state index contributed by atoms with van der Waals surface area (Å²) in [5, 5.41) is 3.18. The number of halogens is 3. The van der Waals surface area contributed by atoms with E-state index in [0.717, 1.165) is 9.87 Å². The molecule has 0 saturated carbocycles. The number of anilines is 1. The van der Waals surface area contributed by atoms with Crippen LogP contribution in [0.4, 0.5) is 10.1 Å². The molecule has 1 atom stereocenters. The van der Waals surface area contributed by atoms with Crippen LogP contribution in [0, 0.1) is 11.7 Å². The number of benzene rings is 4. The Hall–Kier alpha value is -3.92. The monoisotopic (exact) mass is 669 g/mol. The van der Waals surface area contributed by atoms with Crippen LogP contribution in [0.5, 0.6) is 0 Å². The summed E-state index contributed by atoms with van der Waals surface area (Å²) in [6.07, 6.45) is 0.109. The summed E-state index contributed by atoms with van der Waals surface area (Å²) in [6.45, 7) is 3.22. The number of nitrogens with one attached hydrogen (secondary N) is 1. The third kappa shape index (κ3) is 8.84. The third-order valence-corrected chi connectivity index (χ3v) is 9.35. The molecule has 0 bridgehead atoms. The zero-order chi connectivity index (χ0) is 32.6. The van der Waals surface area contributed by atoms with Gasteiger partial charge in [-0.1, -0.05) is 104 Å². The topological polar surface area (TPSA) is 86.8 Å². The molecule has 7 nitrogen and oxygen atoms in total. The minimum Gasteiger partial charge on any atom is -0.354 e. The first-order chi connectivity index (χ1) is 21.5. The van der Waals surface area contributed by atoms with Crippen LogP contribution in [0.15, 0.2) is 108 Å². The molecule has 0 radical (unpaired) electrons. The number of amides is 2. The van der Waals surface area contributed by atoms with Gasteiger partial charge in [-0.2, -0.15) is 0 Å². The number of nitrogens with zero attached hydrogens (tertiary/aromatic N) is 2. The van der Waals surface area contributed by atoms with Gasteiger partial charge in [0.1, 0.15) is 18.4 Å². The molecule has 4 aromatic rings. The molecule has 0 saturated heterocycles. The van der Waals surface area contributed by atoms with Crippen molar-refractivity contribution in [2.75, 3.05) is 17.4 Å². The molecule has 1 unspecified atom stereocenters. The van der Waals surface area contributed by atoms with Crippen molar-refractivity contribution in [1.82, 2.24) is 10.2 Å². The van der Waals surface area contributed by atoms with Crippen molar-refractivity contribution in [3.8, 4) is 0 Å². The number of rotatable bonds is 13. The molecule has 2 amide bonds. The fourth-order valence-electron chi connectivity index (χ4n) is 4.70. The van der Waals surface area contributed by atoms with Crippen molar-refractivity contribution >= 4 is 50.7 Å². The standard InChI is InChI=1S/C34H34Cl2FN3O4S/c1-24(2)21-38-34(42)32(19-25-11-5-3-6-12-25)39(22-26-13-9-10-16-30(26)37)33(41)23-40(31-18-17-27(35)20-29(31)36)45(43,44)28-14-7-4-8-15-28/h3-18,20,24,32H,19,21-23H2,1-2H3,(H,38,42). The van der Waals surface area contributed by atoms with E-state index >= 15 is 4.39 Å². The molecule has 1 N–H and O–H groups in total. The Morgan fingerprint density at radius 3 is 2.11 bits per heavy atom. The van der Waals surface area contributed by atoms with Gasteiger partial charge in [-0.15, -0.1) is 0 Å². The average Bonchev–Trinajstić information content (AvgIpc) is 3.02. The van der Waals surface area contributed by atoms with Crippen molar-refractivity contribution in [2.24, 2.45) is 5.92 Å². The highest BCUT2D eigenvalue weighted by Crippen LogP contribution is 2.33. The fourth-order valence-corrected chi connectivity index (χ4v) is 6.72. The van der Waals surface area contributed by atoms with E-state index in [-0.39, 0.29) is 45.1 Å². The number of carbonyl (C=O) groups is 2. The average molecular weight is 671 g/mol. The zero-order valence-electron chi connectivity index (χ0n) is 24.9. The Morgan fingerprint density at radius 2 is 1.49 bits per heavy atom. The van der Waals surface area contributed by atoms with Gasteiger partial charge in [0.05, 0.1) is 15.6 Å². The largest absolute Gasteiger partial charge is 0.354 e. The molecule has 236 valence electrons. The van der Waals surface area contributed by atoms with E-state index in [1.807, 2.05) is 44.2 Å². The van der Waals surface area contributed by atoms with Crippen molar-refractivity contribution in [3.05, 3.63) is 130 Å². The minimum absolute atomic E-state index is 0.00553. The second-order valence-corrected chi connectivity index (χ2v) is 13.6. The third-order valence-electron chi connectivity index (χ3n) is 7.04. The summed E-state index contributed by atoms with van der Waals surface area (Å²) in [6, 6.07) is 25.9. The maximum atomic E-state index is 15.0. The second kappa shape index (κ2) is 15.4. The Kier molecular flexibility index (Phi) is 11.6. The Morgan fingerprint density at radius 1 is 0.867 bits per heavy atom. The molecule has 4 aromatic carbocycles. The number of hydrogen-bond donors (Lipinski definition) is 1. The normalized spacial score (nSPS) is 12.0. The molecule has 11 heteroatoms. The predicted molar refractivity (Wildman–Crippen MR) is 176 cm³/mol. The van der Waals surface area contributed by atoms with Gasteiger partial charge in [0.25, 0.3) is 10.0 Å². The van der Waals surface area contributed by atoms with Crippen LogP contribution >= 0.6 is 23.2 Å². The fraction of sp³-hybridized carbons (Fsp3) is 0.235. The van der Waals surface area contributed by atoms with Crippen LogP contribution in [0.1, 0.15) is 25.0 Å². The van der Waals surface area contributed by atoms with Crippen molar-refractivity contribution in [2.45, 2.75) is 37.8 Å². The first-order valence-corrected chi connectivity index (χ1v) is 16.5. The van der Waals surface area contributed by atoms with Crippen molar-refractivity contribution < 1.29 is 22.4 Å². The van der Waals surface area contributed by atoms with Crippen molar-refractivity contribution in [3.63, 3.8) is 0 Å². The first-order valence-electron chi connectivity index (χ1n) is 14.3. The molecule has 0 aliphatic carbocycles. The van der Waals surface area contributed by atoms with Crippen molar-refractivity contribution in [1.29, 1.82) is 0 Å². The zero-order valence-corrected chi connectivity index (χ0v) is 27.2. The molecule has 0 aliphatic rings. The van der Waals surface area contributed by atoms with Gasteiger partial charge in [-0.3, -0.25) is 13.9 Å². The highest BCUT2D eigenvalue weighted by molar-refractivity contribution is 7.92. The van der Waals surface area contributed by atoms with E-state index < -0.39 is 40.2 Å². The molecular weight excluding hydrogens is 636 g/mol. The lowest BCUT2D eigenvalue weighted by Crippen LogP contribution is -2.53.